The minimum atomic E-state index is -0.260. The molecule has 1 aliphatic rings. The molecule has 2 amide bonds. The van der Waals surface area contributed by atoms with Crippen molar-refractivity contribution in [1.29, 1.82) is 0 Å². The molecule has 0 saturated carbocycles. The van der Waals surface area contributed by atoms with Crippen molar-refractivity contribution in [1.82, 2.24) is 15.2 Å². The van der Waals surface area contributed by atoms with Gasteiger partial charge in [-0.15, -0.1) is 11.3 Å². The Hall–Kier alpha value is -2.25. The highest BCUT2D eigenvalue weighted by atomic mass is 32.1. The van der Waals surface area contributed by atoms with Crippen molar-refractivity contribution in [2.75, 3.05) is 25.0 Å². The zero-order chi connectivity index (χ0) is 19.1. The molecule has 3 rings (SSSR count). The summed E-state index contributed by atoms with van der Waals surface area (Å²) < 4.78 is 0. The number of rotatable bonds is 7. The Morgan fingerprint density at radius 2 is 1.93 bits per heavy atom. The van der Waals surface area contributed by atoms with Crippen molar-refractivity contribution >= 4 is 28.3 Å². The van der Waals surface area contributed by atoms with Gasteiger partial charge >= 0.3 is 0 Å². The molecule has 1 aromatic heterocycles. The van der Waals surface area contributed by atoms with E-state index in [1.54, 1.807) is 0 Å². The lowest BCUT2D eigenvalue weighted by Gasteiger charge is -2.29. The molecule has 0 atom stereocenters. The fraction of sp³-hybridized carbons (Fsp3) is 0.450. The molecule has 2 aromatic rings. The number of piperidine rings is 1. The van der Waals surface area contributed by atoms with Crippen LogP contribution in [0.15, 0.2) is 35.7 Å². The summed E-state index contributed by atoms with van der Waals surface area (Å²) in [7, 11) is 0. The van der Waals surface area contributed by atoms with E-state index in [2.05, 4.69) is 27.4 Å². The molecule has 0 radical (unpaired) electrons. The molecule has 0 spiro atoms. The van der Waals surface area contributed by atoms with Gasteiger partial charge < -0.3 is 10.6 Å². The summed E-state index contributed by atoms with van der Waals surface area (Å²) in [4.78, 5) is 30.8. The predicted molar refractivity (Wildman–Crippen MR) is 108 cm³/mol. The lowest BCUT2D eigenvalue weighted by Crippen LogP contribution is -2.33. The summed E-state index contributed by atoms with van der Waals surface area (Å²) in [6.45, 7) is 5.28. The van der Waals surface area contributed by atoms with Gasteiger partial charge in [0.1, 0.15) is 0 Å². The third kappa shape index (κ3) is 6.45. The van der Waals surface area contributed by atoms with Crippen molar-refractivity contribution in [3.8, 4) is 0 Å². The van der Waals surface area contributed by atoms with E-state index in [0.29, 0.717) is 5.13 Å². The van der Waals surface area contributed by atoms with Gasteiger partial charge in [-0.25, -0.2) is 4.98 Å². The highest BCUT2D eigenvalue weighted by molar-refractivity contribution is 7.13. The summed E-state index contributed by atoms with van der Waals surface area (Å²) in [6, 6.07) is 9.46. The molecule has 1 aromatic carbocycles. The monoisotopic (exact) mass is 386 g/mol. The minimum absolute atomic E-state index is 0.0510. The van der Waals surface area contributed by atoms with Gasteiger partial charge in [-0.05, 0) is 37.4 Å². The highest BCUT2D eigenvalue weighted by Crippen LogP contribution is 2.20. The number of benzene rings is 1. The van der Waals surface area contributed by atoms with Crippen molar-refractivity contribution < 1.29 is 9.59 Å². The molecule has 1 fully saturated rings. The number of nitrogens with one attached hydrogen (secondary N) is 2. The average molecular weight is 387 g/mol. The van der Waals surface area contributed by atoms with Crippen LogP contribution in [0.3, 0.4) is 0 Å². The van der Waals surface area contributed by atoms with Crippen LogP contribution in [0.4, 0.5) is 5.13 Å². The first-order chi connectivity index (χ1) is 13.1. The van der Waals surface area contributed by atoms with Crippen LogP contribution in [-0.2, 0) is 22.6 Å². The van der Waals surface area contributed by atoms with Crippen molar-refractivity contribution in [2.24, 2.45) is 5.92 Å². The van der Waals surface area contributed by atoms with Crippen molar-refractivity contribution in [2.45, 2.75) is 32.7 Å². The quantitative estimate of drug-likeness (QED) is 0.767. The van der Waals surface area contributed by atoms with E-state index < -0.39 is 0 Å². The fourth-order valence-electron chi connectivity index (χ4n) is 3.07. The number of aromatic nitrogens is 1. The maximum Gasteiger partial charge on any atom is 0.245 e. The molecule has 2 heterocycles. The first-order valence-electron chi connectivity index (χ1n) is 9.35. The third-order valence-electron chi connectivity index (χ3n) is 4.71. The number of hydrogen-bond acceptors (Lipinski definition) is 5. The third-order valence-corrected chi connectivity index (χ3v) is 5.52. The highest BCUT2D eigenvalue weighted by Gasteiger charge is 2.17. The van der Waals surface area contributed by atoms with E-state index in [0.717, 1.165) is 36.8 Å². The molecule has 27 heavy (non-hydrogen) atoms. The number of hydrogen-bond donors (Lipinski definition) is 2. The van der Waals surface area contributed by atoms with Gasteiger partial charge in [-0.1, -0.05) is 37.3 Å². The number of carbonyl (C=O) groups excluding carboxylic acids is 2. The van der Waals surface area contributed by atoms with Gasteiger partial charge in [-0.3, -0.25) is 14.5 Å². The van der Waals surface area contributed by atoms with Crippen LogP contribution in [0.25, 0.3) is 0 Å². The van der Waals surface area contributed by atoms with Gasteiger partial charge in [-0.2, -0.15) is 0 Å². The summed E-state index contributed by atoms with van der Waals surface area (Å²) in [5, 5.41) is 7.98. The summed E-state index contributed by atoms with van der Waals surface area (Å²) in [6.07, 6.45) is 2.73. The van der Waals surface area contributed by atoms with Crippen LogP contribution in [0.5, 0.6) is 0 Å². The molecule has 144 valence electrons. The molecule has 0 unspecified atom stereocenters. The zero-order valence-corrected chi connectivity index (χ0v) is 16.4. The average Bonchev–Trinajstić information content (AvgIpc) is 3.09. The van der Waals surface area contributed by atoms with Crippen LogP contribution < -0.4 is 10.6 Å². The molecule has 7 heteroatoms. The minimum Gasteiger partial charge on any atom is -0.347 e. The smallest absolute Gasteiger partial charge is 0.245 e. The van der Waals surface area contributed by atoms with Crippen LogP contribution in [0.2, 0.25) is 0 Å². The van der Waals surface area contributed by atoms with Crippen molar-refractivity contribution in [3.63, 3.8) is 0 Å². The van der Waals surface area contributed by atoms with E-state index in [9.17, 15) is 9.59 Å². The predicted octanol–water partition coefficient (Wildman–Crippen LogP) is 2.67. The van der Waals surface area contributed by atoms with Gasteiger partial charge in [0.25, 0.3) is 0 Å². The van der Waals surface area contributed by atoms with E-state index in [4.69, 9.17) is 0 Å². The van der Waals surface area contributed by atoms with Gasteiger partial charge in [0, 0.05) is 11.9 Å². The van der Waals surface area contributed by atoms with Gasteiger partial charge in [0.15, 0.2) is 5.13 Å². The second kappa shape index (κ2) is 9.62. The number of likely N-dealkylation sites (tertiary alicyclic amines) is 1. The lowest BCUT2D eigenvalue weighted by atomic mass is 9.99. The number of anilines is 1. The Morgan fingerprint density at radius 3 is 2.67 bits per heavy atom. The van der Waals surface area contributed by atoms with Gasteiger partial charge in [0.05, 0.1) is 18.7 Å². The van der Waals surface area contributed by atoms with Gasteiger partial charge in [0.2, 0.25) is 11.8 Å². The number of thiazole rings is 1. The summed E-state index contributed by atoms with van der Waals surface area (Å²) in [5.41, 5.74) is 1.91. The van der Waals surface area contributed by atoms with E-state index in [1.807, 2.05) is 35.7 Å². The first-order valence-corrected chi connectivity index (χ1v) is 10.2. The van der Waals surface area contributed by atoms with E-state index in [-0.39, 0.29) is 24.8 Å². The van der Waals surface area contributed by atoms with Crippen LogP contribution in [0, 0.1) is 5.92 Å². The first kappa shape index (κ1) is 19.5. The largest absolute Gasteiger partial charge is 0.347 e. The van der Waals surface area contributed by atoms with E-state index >= 15 is 0 Å². The number of amides is 2. The maximum absolute atomic E-state index is 12.0. The SMILES string of the molecule is CC1CCN(Cc2csc(NC(=O)CNC(=O)Cc3ccccc3)n2)CC1. The molecular formula is C20H26N4O2S. The molecular weight excluding hydrogens is 360 g/mol. The Balaban J connectivity index is 1.39. The molecule has 0 bridgehead atoms. The fourth-order valence-corrected chi connectivity index (χ4v) is 3.79. The zero-order valence-electron chi connectivity index (χ0n) is 15.6. The maximum atomic E-state index is 12.0. The molecule has 2 N–H and O–H groups in total. The number of carbonyl (C=O) groups is 2. The van der Waals surface area contributed by atoms with Crippen molar-refractivity contribution in [3.05, 3.63) is 47.0 Å². The second-order valence-corrected chi connectivity index (χ2v) is 7.95. The van der Waals surface area contributed by atoms with Crippen LogP contribution >= 0.6 is 11.3 Å². The molecule has 1 aliphatic heterocycles. The number of nitrogens with zero attached hydrogens (tertiary/aromatic N) is 2. The standard InChI is InChI=1S/C20H26N4O2S/c1-15-7-9-24(10-8-15)13-17-14-27-20(22-17)23-19(26)12-21-18(25)11-16-5-3-2-4-6-16/h2-6,14-15H,7-13H2,1H3,(H,21,25)(H,22,23,26). The van der Waals surface area contributed by atoms with Crippen LogP contribution in [0.1, 0.15) is 31.0 Å². The lowest BCUT2D eigenvalue weighted by molar-refractivity contribution is -0.123. The Kier molecular flexibility index (Phi) is 6.95. The topological polar surface area (TPSA) is 74.3 Å². The molecule has 0 aliphatic carbocycles. The Bertz CT molecular complexity index is 754. The Morgan fingerprint density at radius 1 is 1.19 bits per heavy atom. The van der Waals surface area contributed by atoms with E-state index in [1.165, 1.54) is 24.2 Å². The molecule has 1 saturated heterocycles. The van der Waals surface area contributed by atoms with Crippen LogP contribution in [-0.4, -0.2) is 41.3 Å². The molecule has 6 nitrogen and oxygen atoms in total. The summed E-state index contributed by atoms with van der Waals surface area (Å²) >= 11 is 1.42. The Labute approximate surface area is 164 Å². The second-order valence-electron chi connectivity index (χ2n) is 7.09. The summed E-state index contributed by atoms with van der Waals surface area (Å²) in [5.74, 6) is 0.378. The normalized spacial score (nSPS) is 15.4.